The Morgan fingerprint density at radius 3 is 3.24 bits per heavy atom. The average Bonchev–Trinajstić information content (AvgIpc) is 2.90. The summed E-state index contributed by atoms with van der Waals surface area (Å²) < 4.78 is 2.20. The van der Waals surface area contributed by atoms with E-state index in [1.807, 2.05) is 12.1 Å². The van der Waals surface area contributed by atoms with Crippen molar-refractivity contribution in [3.05, 3.63) is 18.2 Å². The van der Waals surface area contributed by atoms with Gasteiger partial charge in [0.05, 0.1) is 11.6 Å². The van der Waals surface area contributed by atoms with Crippen molar-refractivity contribution in [3.8, 4) is 0 Å². The van der Waals surface area contributed by atoms with E-state index in [1.54, 1.807) is 0 Å². The Labute approximate surface area is 99.8 Å². The van der Waals surface area contributed by atoms with E-state index in [0.29, 0.717) is 6.04 Å². The van der Waals surface area contributed by atoms with Crippen molar-refractivity contribution < 1.29 is 0 Å². The first-order valence-electron chi connectivity index (χ1n) is 6.34. The van der Waals surface area contributed by atoms with Gasteiger partial charge in [0.15, 0.2) is 0 Å². The van der Waals surface area contributed by atoms with Gasteiger partial charge >= 0.3 is 0 Å². The minimum atomic E-state index is 0.597. The molecule has 2 aliphatic rings. The fraction of sp³-hybridized carbons (Fsp3) is 0.462. The predicted octanol–water partition coefficient (Wildman–Crippen LogP) is 2.39. The van der Waals surface area contributed by atoms with Gasteiger partial charge < -0.3 is 11.1 Å². The van der Waals surface area contributed by atoms with Crippen molar-refractivity contribution in [2.75, 3.05) is 17.6 Å². The van der Waals surface area contributed by atoms with Crippen LogP contribution in [-0.4, -0.2) is 16.3 Å². The van der Waals surface area contributed by atoms with E-state index < -0.39 is 0 Å². The van der Waals surface area contributed by atoms with Crippen LogP contribution in [0.1, 0.15) is 25.3 Å². The first kappa shape index (κ1) is 9.33. The second kappa shape index (κ2) is 3.15. The summed E-state index contributed by atoms with van der Waals surface area (Å²) >= 11 is 0. The Hall–Kier alpha value is -1.71. The fourth-order valence-corrected chi connectivity index (χ4v) is 3.34. The minimum Gasteiger partial charge on any atom is -0.399 e. The summed E-state index contributed by atoms with van der Waals surface area (Å²) in [7, 11) is 0. The summed E-state index contributed by atoms with van der Waals surface area (Å²) in [5, 5.41) is 9.47. The fourth-order valence-electron chi connectivity index (χ4n) is 3.34. The second-order valence-electron chi connectivity index (χ2n) is 5.21. The lowest BCUT2D eigenvalue weighted by atomic mass is 10.0. The Bertz CT molecular complexity index is 586. The third-order valence-corrected chi connectivity index (χ3v) is 4.19. The first-order valence-corrected chi connectivity index (χ1v) is 6.34. The zero-order valence-corrected chi connectivity index (χ0v) is 9.69. The van der Waals surface area contributed by atoms with Gasteiger partial charge in [-0.25, -0.2) is 4.68 Å². The highest BCUT2D eigenvalue weighted by Crippen LogP contribution is 2.42. The number of fused-ring (bicyclic) bond motifs is 5. The van der Waals surface area contributed by atoms with Crippen molar-refractivity contribution in [1.29, 1.82) is 0 Å². The molecule has 1 fully saturated rings. The van der Waals surface area contributed by atoms with Crippen molar-refractivity contribution >= 4 is 22.4 Å². The summed E-state index contributed by atoms with van der Waals surface area (Å²) in [6, 6.07) is 6.59. The number of anilines is 2. The van der Waals surface area contributed by atoms with Crippen LogP contribution < -0.4 is 11.1 Å². The maximum atomic E-state index is 5.82. The molecule has 0 spiro atoms. The van der Waals surface area contributed by atoms with E-state index in [2.05, 4.69) is 16.1 Å². The van der Waals surface area contributed by atoms with Gasteiger partial charge in [-0.1, -0.05) is 6.42 Å². The van der Waals surface area contributed by atoms with E-state index in [9.17, 15) is 0 Å². The average molecular weight is 228 g/mol. The molecule has 2 unspecified atom stereocenters. The van der Waals surface area contributed by atoms with Gasteiger partial charge in [0.1, 0.15) is 5.82 Å². The third-order valence-electron chi connectivity index (χ3n) is 4.19. The van der Waals surface area contributed by atoms with E-state index in [0.717, 1.165) is 23.7 Å². The number of nitrogen functional groups attached to an aromatic ring is 1. The van der Waals surface area contributed by atoms with Crippen LogP contribution in [0.4, 0.5) is 11.5 Å². The Morgan fingerprint density at radius 2 is 2.29 bits per heavy atom. The summed E-state index contributed by atoms with van der Waals surface area (Å²) in [6.07, 6.45) is 3.92. The van der Waals surface area contributed by atoms with E-state index in [-0.39, 0.29) is 0 Å². The van der Waals surface area contributed by atoms with Crippen LogP contribution in [0.15, 0.2) is 18.2 Å². The van der Waals surface area contributed by atoms with Crippen LogP contribution in [0, 0.1) is 5.92 Å². The number of rotatable bonds is 0. The maximum Gasteiger partial charge on any atom is 0.132 e. The molecule has 88 valence electrons. The van der Waals surface area contributed by atoms with Gasteiger partial charge in [-0.3, -0.25) is 0 Å². The van der Waals surface area contributed by atoms with Crippen molar-refractivity contribution in [3.63, 3.8) is 0 Å². The highest BCUT2D eigenvalue weighted by molar-refractivity contribution is 5.92. The van der Waals surface area contributed by atoms with E-state index in [1.165, 1.54) is 30.5 Å². The lowest BCUT2D eigenvalue weighted by molar-refractivity contribution is 0.349. The van der Waals surface area contributed by atoms with Gasteiger partial charge in [0, 0.05) is 17.6 Å². The minimum absolute atomic E-state index is 0.597. The van der Waals surface area contributed by atoms with Gasteiger partial charge in [-0.2, -0.15) is 5.10 Å². The molecule has 1 aliphatic heterocycles. The Kier molecular flexibility index (Phi) is 1.73. The highest BCUT2D eigenvalue weighted by Gasteiger charge is 2.34. The number of nitrogens with one attached hydrogen (secondary N) is 1. The molecule has 2 aromatic rings. The number of hydrogen-bond acceptors (Lipinski definition) is 3. The quantitative estimate of drug-likeness (QED) is 0.681. The number of nitrogens with zero attached hydrogens (tertiary/aromatic N) is 2. The molecular formula is C13H16N4. The smallest absolute Gasteiger partial charge is 0.132 e. The lowest BCUT2D eigenvalue weighted by Crippen LogP contribution is -2.29. The zero-order chi connectivity index (χ0) is 11.4. The maximum absolute atomic E-state index is 5.82. The summed E-state index contributed by atoms with van der Waals surface area (Å²) in [6.45, 7) is 1.09. The van der Waals surface area contributed by atoms with Gasteiger partial charge in [-0.05, 0) is 37.0 Å². The van der Waals surface area contributed by atoms with Crippen LogP contribution in [0.25, 0.3) is 10.9 Å². The SMILES string of the molecule is Nc1ccc2c3n(nc2c1)C1CCCC1CN3. The van der Waals surface area contributed by atoms with E-state index in [4.69, 9.17) is 10.8 Å². The molecule has 1 aliphatic carbocycles. The molecule has 4 rings (SSSR count). The highest BCUT2D eigenvalue weighted by atomic mass is 15.4. The molecule has 1 aromatic carbocycles. The molecular weight excluding hydrogens is 212 g/mol. The number of nitrogens with two attached hydrogens (primary N) is 1. The van der Waals surface area contributed by atoms with Crippen LogP contribution in [0.2, 0.25) is 0 Å². The summed E-state index contributed by atoms with van der Waals surface area (Å²) in [5.41, 5.74) is 7.62. The molecule has 0 radical (unpaired) electrons. The zero-order valence-electron chi connectivity index (χ0n) is 9.69. The van der Waals surface area contributed by atoms with Crippen molar-refractivity contribution in [2.45, 2.75) is 25.3 Å². The molecule has 1 aromatic heterocycles. The van der Waals surface area contributed by atoms with E-state index >= 15 is 0 Å². The molecule has 0 bridgehead atoms. The molecule has 0 saturated heterocycles. The Balaban J connectivity index is 1.95. The van der Waals surface area contributed by atoms with Crippen LogP contribution in [-0.2, 0) is 0 Å². The van der Waals surface area contributed by atoms with Crippen LogP contribution >= 0.6 is 0 Å². The largest absolute Gasteiger partial charge is 0.399 e. The normalized spacial score (nSPS) is 26.6. The lowest BCUT2D eigenvalue weighted by Gasteiger charge is -2.28. The summed E-state index contributed by atoms with van der Waals surface area (Å²) in [5.74, 6) is 1.94. The van der Waals surface area contributed by atoms with Crippen molar-refractivity contribution in [1.82, 2.24) is 9.78 Å². The molecule has 4 nitrogen and oxygen atoms in total. The van der Waals surface area contributed by atoms with Crippen LogP contribution in [0.3, 0.4) is 0 Å². The van der Waals surface area contributed by atoms with Crippen LogP contribution in [0.5, 0.6) is 0 Å². The number of benzene rings is 1. The topological polar surface area (TPSA) is 55.9 Å². The van der Waals surface area contributed by atoms with Gasteiger partial charge in [0.2, 0.25) is 0 Å². The molecule has 4 heteroatoms. The first-order chi connectivity index (χ1) is 8.33. The van der Waals surface area contributed by atoms with Gasteiger partial charge in [0.25, 0.3) is 0 Å². The molecule has 3 N–H and O–H groups in total. The monoisotopic (exact) mass is 228 g/mol. The molecule has 2 atom stereocenters. The molecule has 17 heavy (non-hydrogen) atoms. The Morgan fingerprint density at radius 1 is 1.35 bits per heavy atom. The molecule has 2 heterocycles. The molecule has 1 saturated carbocycles. The van der Waals surface area contributed by atoms with Gasteiger partial charge in [-0.15, -0.1) is 0 Å². The number of aromatic nitrogens is 2. The standard InChI is InChI=1S/C13H16N4/c14-9-4-5-10-11(6-9)16-17-12-3-1-2-8(12)7-15-13(10)17/h4-6,8,12,15H,1-3,7,14H2. The predicted molar refractivity (Wildman–Crippen MR) is 69.0 cm³/mol. The van der Waals surface area contributed by atoms with Crippen molar-refractivity contribution in [2.24, 2.45) is 5.92 Å². The summed E-state index contributed by atoms with van der Waals surface area (Å²) in [4.78, 5) is 0. The molecule has 0 amide bonds. The second-order valence-corrected chi connectivity index (χ2v) is 5.21. The third kappa shape index (κ3) is 1.21. The number of hydrogen-bond donors (Lipinski definition) is 2.